The summed E-state index contributed by atoms with van der Waals surface area (Å²) in [6.07, 6.45) is 1.14. The molecule has 0 aliphatic rings. The summed E-state index contributed by atoms with van der Waals surface area (Å²) in [7, 11) is -6.68. The second-order valence-corrected chi connectivity index (χ2v) is 14.0. The lowest BCUT2D eigenvalue weighted by Gasteiger charge is -2.15. The van der Waals surface area contributed by atoms with Gasteiger partial charge in [0.25, 0.3) is 5.91 Å². The Labute approximate surface area is 215 Å². The first kappa shape index (κ1) is 28.2. The van der Waals surface area contributed by atoms with E-state index in [1.807, 2.05) is 20.8 Å². The summed E-state index contributed by atoms with van der Waals surface area (Å²) >= 11 is 1.20. The second-order valence-electron chi connectivity index (χ2n) is 9.05. The second kappa shape index (κ2) is 10.9. The Balaban J connectivity index is 1.89. The summed E-state index contributed by atoms with van der Waals surface area (Å²) in [6, 6.07) is 7.87. The predicted octanol–water partition coefficient (Wildman–Crippen LogP) is 5.05. The molecule has 0 spiro atoms. The Kier molecular flexibility index (Phi) is 8.57. The average molecular weight is 555 g/mol. The smallest absolute Gasteiger partial charge is 0.309 e. The SMILES string of the molecule is CCOP(=O)(Cc1csc(NC(=O)c2cc(C(C)(C)C)nn2-c2ccc(S(C)(=O)=O)cc2)n1)OCC. The van der Waals surface area contributed by atoms with Gasteiger partial charge in [-0.3, -0.25) is 14.7 Å². The molecule has 3 rings (SSSR count). The zero-order valence-electron chi connectivity index (χ0n) is 21.1. The number of thiazole rings is 1. The van der Waals surface area contributed by atoms with E-state index in [-0.39, 0.29) is 35.4 Å². The van der Waals surface area contributed by atoms with Gasteiger partial charge in [0.1, 0.15) is 5.69 Å². The highest BCUT2D eigenvalue weighted by Crippen LogP contribution is 2.51. The van der Waals surface area contributed by atoms with Crippen LogP contribution in [-0.4, -0.2) is 48.6 Å². The van der Waals surface area contributed by atoms with Crippen molar-refractivity contribution in [1.82, 2.24) is 14.8 Å². The largest absolute Gasteiger partial charge is 0.336 e. The van der Waals surface area contributed by atoms with Crippen LogP contribution >= 0.6 is 18.9 Å². The monoisotopic (exact) mass is 554 g/mol. The summed E-state index contributed by atoms with van der Waals surface area (Å²) in [5, 5.41) is 9.42. The van der Waals surface area contributed by atoms with Crippen LogP contribution in [0.3, 0.4) is 0 Å². The molecule has 1 aromatic carbocycles. The normalized spacial score (nSPS) is 12.6. The molecule has 36 heavy (non-hydrogen) atoms. The maximum absolute atomic E-state index is 13.3. The third kappa shape index (κ3) is 6.89. The highest BCUT2D eigenvalue weighted by atomic mass is 32.2. The molecule has 3 aromatic rings. The molecule has 0 aliphatic heterocycles. The molecule has 0 radical (unpaired) electrons. The fourth-order valence-electron chi connectivity index (χ4n) is 3.26. The maximum Gasteiger partial charge on any atom is 0.336 e. The van der Waals surface area contributed by atoms with Crippen molar-refractivity contribution in [3.05, 3.63) is 52.8 Å². The lowest BCUT2D eigenvalue weighted by Crippen LogP contribution is -2.17. The molecule has 0 aliphatic carbocycles. The predicted molar refractivity (Wildman–Crippen MR) is 140 cm³/mol. The van der Waals surface area contributed by atoms with Crippen molar-refractivity contribution in [1.29, 1.82) is 0 Å². The van der Waals surface area contributed by atoms with Crippen LogP contribution in [0.15, 0.2) is 40.6 Å². The van der Waals surface area contributed by atoms with Crippen LogP contribution in [0.2, 0.25) is 0 Å². The van der Waals surface area contributed by atoms with Gasteiger partial charge in [0.15, 0.2) is 15.0 Å². The Morgan fingerprint density at radius 3 is 2.28 bits per heavy atom. The van der Waals surface area contributed by atoms with E-state index in [0.717, 1.165) is 6.26 Å². The molecule has 1 N–H and O–H groups in total. The molecule has 0 saturated carbocycles. The Hall–Kier alpha value is -2.37. The number of hydrogen-bond donors (Lipinski definition) is 1. The quantitative estimate of drug-likeness (QED) is 0.345. The van der Waals surface area contributed by atoms with Crippen molar-refractivity contribution >= 4 is 39.8 Å². The van der Waals surface area contributed by atoms with Gasteiger partial charge in [-0.05, 0) is 44.2 Å². The summed E-state index contributed by atoms with van der Waals surface area (Å²) in [5.74, 6) is -0.441. The molecule has 10 nitrogen and oxygen atoms in total. The molecule has 13 heteroatoms. The van der Waals surface area contributed by atoms with Crippen LogP contribution in [0.1, 0.15) is 56.5 Å². The van der Waals surface area contributed by atoms with Crippen molar-refractivity contribution in [3.8, 4) is 5.69 Å². The van der Waals surface area contributed by atoms with E-state index in [4.69, 9.17) is 9.05 Å². The molecule has 2 aromatic heterocycles. The first-order valence-corrected chi connectivity index (χ1v) is 15.8. The zero-order valence-corrected chi connectivity index (χ0v) is 23.7. The van der Waals surface area contributed by atoms with Gasteiger partial charge in [0, 0.05) is 17.1 Å². The van der Waals surface area contributed by atoms with Gasteiger partial charge < -0.3 is 9.05 Å². The Bertz CT molecular complexity index is 1360. The van der Waals surface area contributed by atoms with Gasteiger partial charge in [-0.2, -0.15) is 5.10 Å². The summed E-state index contributed by atoms with van der Waals surface area (Å²) in [4.78, 5) is 17.8. The Morgan fingerprint density at radius 1 is 1.14 bits per heavy atom. The van der Waals surface area contributed by atoms with Crippen LogP contribution in [0, 0.1) is 0 Å². The molecular weight excluding hydrogens is 523 g/mol. The van der Waals surface area contributed by atoms with Crippen LogP contribution in [0.4, 0.5) is 5.13 Å². The minimum absolute atomic E-state index is 0.000158. The molecule has 0 bridgehead atoms. The number of amides is 1. The van der Waals surface area contributed by atoms with E-state index < -0.39 is 23.3 Å². The average Bonchev–Trinajstić information content (AvgIpc) is 3.40. The van der Waals surface area contributed by atoms with Crippen LogP contribution in [0.25, 0.3) is 5.69 Å². The first-order valence-electron chi connectivity index (χ1n) is 11.3. The summed E-state index contributed by atoms with van der Waals surface area (Å²) in [6.45, 7) is 9.92. The Morgan fingerprint density at radius 2 is 1.75 bits per heavy atom. The number of sulfone groups is 1. The van der Waals surface area contributed by atoms with Gasteiger partial charge >= 0.3 is 7.60 Å². The lowest BCUT2D eigenvalue weighted by molar-refractivity contribution is 0.101. The summed E-state index contributed by atoms with van der Waals surface area (Å²) < 4.78 is 48.6. The number of nitrogens with one attached hydrogen (secondary N) is 1. The van der Waals surface area contributed by atoms with Gasteiger partial charge in [-0.25, -0.2) is 18.1 Å². The van der Waals surface area contributed by atoms with Gasteiger partial charge in [0.05, 0.1) is 41.3 Å². The third-order valence-electron chi connectivity index (χ3n) is 5.00. The van der Waals surface area contributed by atoms with E-state index in [1.54, 1.807) is 37.4 Å². The first-order chi connectivity index (χ1) is 16.8. The van der Waals surface area contributed by atoms with Crippen molar-refractivity contribution in [2.75, 3.05) is 24.8 Å². The number of benzene rings is 1. The van der Waals surface area contributed by atoms with Crippen molar-refractivity contribution in [2.24, 2.45) is 0 Å². The van der Waals surface area contributed by atoms with Crippen LogP contribution < -0.4 is 5.32 Å². The topological polar surface area (TPSA) is 129 Å². The third-order valence-corrected chi connectivity index (χ3v) is 8.95. The van der Waals surface area contributed by atoms with E-state index >= 15 is 0 Å². The van der Waals surface area contributed by atoms with Crippen LogP contribution in [0.5, 0.6) is 0 Å². The molecule has 2 heterocycles. The molecule has 0 saturated heterocycles. The van der Waals surface area contributed by atoms with E-state index in [2.05, 4.69) is 15.4 Å². The lowest BCUT2D eigenvalue weighted by atomic mass is 9.92. The summed E-state index contributed by atoms with van der Waals surface area (Å²) in [5.41, 5.74) is 1.64. The molecule has 196 valence electrons. The highest BCUT2D eigenvalue weighted by Gasteiger charge is 2.27. The number of aromatic nitrogens is 3. The van der Waals surface area contributed by atoms with E-state index in [9.17, 15) is 17.8 Å². The van der Waals surface area contributed by atoms with Crippen molar-refractivity contribution in [3.63, 3.8) is 0 Å². The van der Waals surface area contributed by atoms with Gasteiger partial charge in [-0.1, -0.05) is 20.8 Å². The zero-order chi connectivity index (χ0) is 26.7. The maximum atomic E-state index is 13.3. The molecule has 0 unspecified atom stereocenters. The highest BCUT2D eigenvalue weighted by molar-refractivity contribution is 7.90. The molecular formula is C23H31N4O6PS2. The fraction of sp³-hybridized carbons (Fsp3) is 0.435. The number of carbonyl (C=O) groups is 1. The molecule has 0 fully saturated rings. The van der Waals surface area contributed by atoms with Crippen LogP contribution in [-0.2, 0) is 35.0 Å². The van der Waals surface area contributed by atoms with Gasteiger partial charge in [-0.15, -0.1) is 11.3 Å². The molecule has 0 atom stereocenters. The number of carbonyl (C=O) groups excluding carboxylic acids is 1. The fourth-order valence-corrected chi connectivity index (χ4v) is 6.32. The van der Waals surface area contributed by atoms with Gasteiger partial charge in [0.2, 0.25) is 0 Å². The number of nitrogens with zero attached hydrogens (tertiary/aromatic N) is 3. The molecule has 1 amide bonds. The van der Waals surface area contributed by atoms with E-state index in [1.165, 1.54) is 28.2 Å². The number of rotatable bonds is 10. The van der Waals surface area contributed by atoms with Crippen molar-refractivity contribution < 1.29 is 26.8 Å². The minimum Gasteiger partial charge on any atom is -0.309 e. The van der Waals surface area contributed by atoms with Crippen molar-refractivity contribution in [2.45, 2.75) is 51.1 Å². The number of anilines is 1. The number of hydrogen-bond acceptors (Lipinski definition) is 9. The standard InChI is InChI=1S/C23H31N4O6PS2/c1-7-32-34(29,33-8-2)14-16-15-35-22(24-16)25-21(28)19-13-20(23(3,4)5)26-27(19)17-9-11-18(12-10-17)36(6,30)31/h9-13,15H,7-8,14H2,1-6H3,(H,24,25,28). The van der Waals surface area contributed by atoms with E-state index in [0.29, 0.717) is 22.2 Å². The minimum atomic E-state index is -3.36.